The highest BCUT2D eigenvalue weighted by Gasteiger charge is 2.08. The monoisotopic (exact) mass is 259 g/mol. The van der Waals surface area contributed by atoms with E-state index in [2.05, 4.69) is 30.6 Å². The summed E-state index contributed by atoms with van der Waals surface area (Å²) < 4.78 is 0. The highest BCUT2D eigenvalue weighted by Crippen LogP contribution is 2.18. The molecule has 19 heavy (non-hydrogen) atoms. The first kappa shape index (κ1) is 15.2. The molecule has 0 saturated heterocycles. The summed E-state index contributed by atoms with van der Waals surface area (Å²) in [6.45, 7) is 6.84. The number of carbonyl (C=O) groups excluding carboxylic acids is 1. The molecule has 0 heterocycles. The lowest BCUT2D eigenvalue weighted by Gasteiger charge is -2.10. The lowest BCUT2D eigenvalue weighted by molar-refractivity contribution is -0.116. The maximum atomic E-state index is 11.8. The first-order valence-electron chi connectivity index (χ1n) is 6.57. The molecule has 2 N–H and O–H groups in total. The van der Waals surface area contributed by atoms with Crippen LogP contribution in [0, 0.1) is 18.3 Å². The van der Waals surface area contributed by atoms with Crippen molar-refractivity contribution in [1.82, 2.24) is 5.32 Å². The van der Waals surface area contributed by atoms with E-state index in [4.69, 9.17) is 5.26 Å². The SMILES string of the molecule is Cc1cccc(NC(=O)CCCNC(C)C)c1C#N. The Balaban J connectivity index is 2.49. The Morgan fingerprint density at radius 3 is 2.79 bits per heavy atom. The van der Waals surface area contributed by atoms with Gasteiger partial charge in [0.1, 0.15) is 6.07 Å². The van der Waals surface area contributed by atoms with Crippen LogP contribution in [0.5, 0.6) is 0 Å². The van der Waals surface area contributed by atoms with Crippen LogP contribution in [0.25, 0.3) is 0 Å². The maximum absolute atomic E-state index is 11.8. The van der Waals surface area contributed by atoms with Crippen molar-refractivity contribution < 1.29 is 4.79 Å². The largest absolute Gasteiger partial charge is 0.325 e. The van der Waals surface area contributed by atoms with Crippen molar-refractivity contribution in [2.24, 2.45) is 0 Å². The van der Waals surface area contributed by atoms with Gasteiger partial charge in [-0.15, -0.1) is 0 Å². The molecule has 1 aromatic rings. The van der Waals surface area contributed by atoms with Crippen molar-refractivity contribution in [2.45, 2.75) is 39.7 Å². The number of hydrogen-bond acceptors (Lipinski definition) is 3. The quantitative estimate of drug-likeness (QED) is 0.772. The fraction of sp³-hybridized carbons (Fsp3) is 0.467. The van der Waals surface area contributed by atoms with Gasteiger partial charge in [0, 0.05) is 12.5 Å². The molecule has 0 aromatic heterocycles. The molecule has 0 aliphatic rings. The molecule has 0 aliphatic heterocycles. The fourth-order valence-corrected chi connectivity index (χ4v) is 1.77. The van der Waals surface area contributed by atoms with Gasteiger partial charge in [0.25, 0.3) is 0 Å². The zero-order valence-electron chi connectivity index (χ0n) is 11.8. The molecule has 4 heteroatoms. The molecule has 0 aliphatic carbocycles. The van der Waals surface area contributed by atoms with Crippen LogP contribution in [0.2, 0.25) is 0 Å². The number of benzene rings is 1. The number of anilines is 1. The van der Waals surface area contributed by atoms with Crippen LogP contribution in [0.15, 0.2) is 18.2 Å². The summed E-state index contributed by atoms with van der Waals surface area (Å²) in [5.74, 6) is -0.0485. The average Bonchev–Trinajstić information content (AvgIpc) is 2.35. The summed E-state index contributed by atoms with van der Waals surface area (Å²) in [7, 11) is 0. The van der Waals surface area contributed by atoms with Gasteiger partial charge >= 0.3 is 0 Å². The summed E-state index contributed by atoms with van der Waals surface area (Å²) in [6.07, 6.45) is 1.25. The van der Waals surface area contributed by atoms with Crippen LogP contribution in [0.3, 0.4) is 0 Å². The van der Waals surface area contributed by atoms with E-state index in [1.54, 1.807) is 6.07 Å². The Kier molecular flexibility index (Phi) is 6.04. The van der Waals surface area contributed by atoms with Crippen molar-refractivity contribution in [3.63, 3.8) is 0 Å². The molecular formula is C15H21N3O. The molecule has 1 amide bonds. The van der Waals surface area contributed by atoms with Crippen LogP contribution >= 0.6 is 0 Å². The molecular weight excluding hydrogens is 238 g/mol. The van der Waals surface area contributed by atoms with E-state index in [1.807, 2.05) is 19.1 Å². The van der Waals surface area contributed by atoms with E-state index >= 15 is 0 Å². The molecule has 0 unspecified atom stereocenters. The Hall–Kier alpha value is -1.86. The Bertz CT molecular complexity index is 475. The number of aryl methyl sites for hydroxylation is 1. The second-order valence-electron chi connectivity index (χ2n) is 4.87. The van der Waals surface area contributed by atoms with Crippen molar-refractivity contribution in [3.8, 4) is 6.07 Å². The first-order chi connectivity index (χ1) is 9.04. The lowest BCUT2D eigenvalue weighted by Crippen LogP contribution is -2.24. The maximum Gasteiger partial charge on any atom is 0.224 e. The van der Waals surface area contributed by atoms with Gasteiger partial charge in [0.15, 0.2) is 0 Å². The van der Waals surface area contributed by atoms with E-state index in [1.165, 1.54) is 0 Å². The zero-order chi connectivity index (χ0) is 14.3. The van der Waals surface area contributed by atoms with Gasteiger partial charge in [0.05, 0.1) is 11.3 Å². The highest BCUT2D eigenvalue weighted by molar-refractivity contribution is 5.92. The number of nitrogens with one attached hydrogen (secondary N) is 2. The molecule has 4 nitrogen and oxygen atoms in total. The second-order valence-corrected chi connectivity index (χ2v) is 4.87. The van der Waals surface area contributed by atoms with Gasteiger partial charge in [-0.05, 0) is 31.5 Å². The van der Waals surface area contributed by atoms with Gasteiger partial charge in [0.2, 0.25) is 5.91 Å². The molecule has 0 bridgehead atoms. The molecule has 0 saturated carbocycles. The number of hydrogen-bond donors (Lipinski definition) is 2. The number of rotatable bonds is 6. The van der Waals surface area contributed by atoms with E-state index in [9.17, 15) is 4.79 Å². The number of nitriles is 1. The van der Waals surface area contributed by atoms with E-state index < -0.39 is 0 Å². The standard InChI is InChI=1S/C15H21N3O/c1-11(2)17-9-5-8-15(19)18-14-7-4-6-12(3)13(14)10-16/h4,6-7,11,17H,5,8-9H2,1-3H3,(H,18,19). The van der Waals surface area contributed by atoms with Crippen LogP contribution in [-0.2, 0) is 4.79 Å². The van der Waals surface area contributed by atoms with Crippen molar-refractivity contribution >= 4 is 11.6 Å². The van der Waals surface area contributed by atoms with Crippen molar-refractivity contribution in [3.05, 3.63) is 29.3 Å². The van der Waals surface area contributed by atoms with E-state index in [0.717, 1.165) is 18.5 Å². The molecule has 1 rings (SSSR count). The van der Waals surface area contributed by atoms with Gasteiger partial charge in [-0.3, -0.25) is 4.79 Å². The summed E-state index contributed by atoms with van der Waals surface area (Å²) in [6, 6.07) is 8.02. The van der Waals surface area contributed by atoms with Crippen LogP contribution in [0.1, 0.15) is 37.8 Å². The minimum Gasteiger partial charge on any atom is -0.325 e. The summed E-state index contributed by atoms with van der Waals surface area (Å²) in [5, 5.41) is 15.1. The van der Waals surface area contributed by atoms with Gasteiger partial charge in [-0.2, -0.15) is 5.26 Å². The minimum absolute atomic E-state index is 0.0485. The molecule has 0 radical (unpaired) electrons. The van der Waals surface area contributed by atoms with E-state index in [-0.39, 0.29) is 5.91 Å². The molecule has 0 spiro atoms. The van der Waals surface area contributed by atoms with Gasteiger partial charge in [-0.25, -0.2) is 0 Å². The number of amides is 1. The topological polar surface area (TPSA) is 64.9 Å². The second kappa shape index (κ2) is 7.55. The fourth-order valence-electron chi connectivity index (χ4n) is 1.77. The van der Waals surface area contributed by atoms with E-state index in [0.29, 0.717) is 23.7 Å². The average molecular weight is 259 g/mol. The van der Waals surface area contributed by atoms with Crippen LogP contribution in [-0.4, -0.2) is 18.5 Å². The third-order valence-corrected chi connectivity index (χ3v) is 2.79. The predicted molar refractivity (Wildman–Crippen MR) is 76.9 cm³/mol. The van der Waals surface area contributed by atoms with Crippen molar-refractivity contribution in [2.75, 3.05) is 11.9 Å². The first-order valence-corrected chi connectivity index (χ1v) is 6.57. The van der Waals surface area contributed by atoms with Crippen LogP contribution < -0.4 is 10.6 Å². The molecule has 0 atom stereocenters. The summed E-state index contributed by atoms with van der Waals surface area (Å²) in [4.78, 5) is 11.8. The minimum atomic E-state index is -0.0485. The Labute approximate surface area is 114 Å². The number of carbonyl (C=O) groups is 1. The van der Waals surface area contributed by atoms with Gasteiger partial charge in [-0.1, -0.05) is 26.0 Å². The summed E-state index contributed by atoms with van der Waals surface area (Å²) in [5.41, 5.74) is 2.02. The zero-order valence-corrected chi connectivity index (χ0v) is 11.8. The normalized spacial score (nSPS) is 10.3. The van der Waals surface area contributed by atoms with Crippen molar-refractivity contribution in [1.29, 1.82) is 5.26 Å². The molecule has 0 fully saturated rings. The molecule has 102 valence electrons. The Morgan fingerprint density at radius 2 is 2.16 bits per heavy atom. The third kappa shape index (κ3) is 5.11. The molecule has 1 aromatic carbocycles. The van der Waals surface area contributed by atoms with Crippen LogP contribution in [0.4, 0.5) is 5.69 Å². The third-order valence-electron chi connectivity index (χ3n) is 2.79. The van der Waals surface area contributed by atoms with Gasteiger partial charge < -0.3 is 10.6 Å². The highest BCUT2D eigenvalue weighted by atomic mass is 16.1. The smallest absolute Gasteiger partial charge is 0.224 e. The predicted octanol–water partition coefficient (Wildman–Crippen LogP) is 2.58. The number of nitrogens with zero attached hydrogens (tertiary/aromatic N) is 1. The lowest BCUT2D eigenvalue weighted by atomic mass is 10.1. The summed E-state index contributed by atoms with van der Waals surface area (Å²) >= 11 is 0. The Morgan fingerprint density at radius 1 is 1.42 bits per heavy atom.